The number of hydrogen-bond acceptors (Lipinski definition) is 3. The summed E-state index contributed by atoms with van der Waals surface area (Å²) in [6, 6.07) is 7.61. The molecule has 1 heterocycles. The first-order valence-corrected chi connectivity index (χ1v) is 8.37. The molecule has 24 heavy (non-hydrogen) atoms. The molecule has 1 aromatic carbocycles. The highest BCUT2D eigenvalue weighted by atomic mass is 16.2. The van der Waals surface area contributed by atoms with Gasteiger partial charge in [-0.1, -0.05) is 38.1 Å². The molecule has 0 saturated carbocycles. The van der Waals surface area contributed by atoms with Crippen molar-refractivity contribution in [2.24, 2.45) is 11.8 Å². The maximum Gasteiger partial charge on any atom is 0.244 e. The molecule has 0 aromatic heterocycles. The average Bonchev–Trinajstić information content (AvgIpc) is 2.81. The SMILES string of the molecule is CC(C)c1ccc(NC(=O)CN2C(=O)[C@H]3CC=CC[C@@H]3C2=O)cc1. The van der Waals surface area contributed by atoms with Crippen LogP contribution >= 0.6 is 0 Å². The van der Waals surface area contributed by atoms with E-state index in [-0.39, 0.29) is 36.1 Å². The molecule has 5 nitrogen and oxygen atoms in total. The van der Waals surface area contributed by atoms with Crippen molar-refractivity contribution in [3.63, 3.8) is 0 Å². The number of amides is 3. The fourth-order valence-electron chi connectivity index (χ4n) is 3.32. The Labute approximate surface area is 141 Å². The highest BCUT2D eigenvalue weighted by Gasteiger charge is 2.47. The lowest BCUT2D eigenvalue weighted by Gasteiger charge is -2.15. The molecule has 0 bridgehead atoms. The maximum absolute atomic E-state index is 12.3. The van der Waals surface area contributed by atoms with Crippen LogP contribution in [0.5, 0.6) is 0 Å². The monoisotopic (exact) mass is 326 g/mol. The van der Waals surface area contributed by atoms with E-state index < -0.39 is 0 Å². The van der Waals surface area contributed by atoms with Crippen LogP contribution < -0.4 is 5.32 Å². The Morgan fingerprint density at radius 2 is 1.62 bits per heavy atom. The minimum absolute atomic E-state index is 0.212. The van der Waals surface area contributed by atoms with Crippen LogP contribution in [0.1, 0.15) is 38.2 Å². The quantitative estimate of drug-likeness (QED) is 0.683. The van der Waals surface area contributed by atoms with Crippen LogP contribution in [0.25, 0.3) is 0 Å². The Hall–Kier alpha value is -2.43. The van der Waals surface area contributed by atoms with E-state index in [0.717, 1.165) is 4.90 Å². The number of imide groups is 1. The summed E-state index contributed by atoms with van der Waals surface area (Å²) >= 11 is 0. The molecule has 1 aromatic rings. The first kappa shape index (κ1) is 16.4. The van der Waals surface area contributed by atoms with Crippen LogP contribution in [0.15, 0.2) is 36.4 Å². The number of carbonyl (C=O) groups excluding carboxylic acids is 3. The summed E-state index contributed by atoms with van der Waals surface area (Å²) in [5, 5.41) is 2.76. The van der Waals surface area contributed by atoms with Crippen LogP contribution in [0.3, 0.4) is 0 Å². The minimum Gasteiger partial charge on any atom is -0.325 e. The highest BCUT2D eigenvalue weighted by Crippen LogP contribution is 2.34. The molecule has 5 heteroatoms. The van der Waals surface area contributed by atoms with Gasteiger partial charge in [0.15, 0.2) is 0 Å². The van der Waals surface area contributed by atoms with Crippen LogP contribution in [0.4, 0.5) is 5.69 Å². The Kier molecular flexibility index (Phi) is 4.51. The highest BCUT2D eigenvalue weighted by molar-refractivity contribution is 6.08. The smallest absolute Gasteiger partial charge is 0.244 e. The number of allylic oxidation sites excluding steroid dienone is 2. The van der Waals surface area contributed by atoms with Crippen molar-refractivity contribution in [2.45, 2.75) is 32.6 Å². The summed E-state index contributed by atoms with van der Waals surface area (Å²) in [6.07, 6.45) is 5.05. The summed E-state index contributed by atoms with van der Waals surface area (Å²) in [4.78, 5) is 38.0. The predicted octanol–water partition coefficient (Wildman–Crippen LogP) is 2.70. The molecule has 3 amide bonds. The van der Waals surface area contributed by atoms with Crippen molar-refractivity contribution in [3.8, 4) is 0 Å². The maximum atomic E-state index is 12.3. The molecule has 2 atom stereocenters. The second-order valence-electron chi connectivity index (χ2n) is 6.74. The fraction of sp³-hybridized carbons (Fsp3) is 0.421. The normalized spacial score (nSPS) is 22.9. The lowest BCUT2D eigenvalue weighted by atomic mass is 9.85. The van der Waals surface area contributed by atoms with E-state index in [0.29, 0.717) is 24.4 Å². The van der Waals surface area contributed by atoms with Crippen LogP contribution in [-0.2, 0) is 14.4 Å². The lowest BCUT2D eigenvalue weighted by Crippen LogP contribution is -2.38. The predicted molar refractivity (Wildman–Crippen MR) is 91.2 cm³/mol. The van der Waals surface area contributed by atoms with Crippen molar-refractivity contribution < 1.29 is 14.4 Å². The summed E-state index contributed by atoms with van der Waals surface area (Å²) in [6.45, 7) is 4.00. The zero-order valence-electron chi connectivity index (χ0n) is 14.0. The van der Waals surface area contributed by atoms with Crippen LogP contribution in [0.2, 0.25) is 0 Å². The largest absolute Gasteiger partial charge is 0.325 e. The fourth-order valence-corrected chi connectivity index (χ4v) is 3.32. The molecule has 3 rings (SSSR count). The van der Waals surface area contributed by atoms with Gasteiger partial charge in [0.1, 0.15) is 6.54 Å². The Morgan fingerprint density at radius 3 is 2.12 bits per heavy atom. The molecule has 1 fully saturated rings. The van der Waals surface area contributed by atoms with E-state index in [1.54, 1.807) is 0 Å². The molecule has 0 spiro atoms. The Balaban J connectivity index is 1.62. The number of rotatable bonds is 4. The zero-order valence-corrected chi connectivity index (χ0v) is 14.0. The van der Waals surface area contributed by atoms with Gasteiger partial charge >= 0.3 is 0 Å². The third kappa shape index (κ3) is 3.11. The van der Waals surface area contributed by atoms with E-state index in [1.807, 2.05) is 36.4 Å². The van der Waals surface area contributed by atoms with Gasteiger partial charge in [0.2, 0.25) is 17.7 Å². The number of nitrogens with zero attached hydrogens (tertiary/aromatic N) is 1. The number of hydrogen-bond donors (Lipinski definition) is 1. The number of nitrogens with one attached hydrogen (secondary N) is 1. The number of fused-ring (bicyclic) bond motifs is 1. The summed E-state index contributed by atoms with van der Waals surface area (Å²) in [7, 11) is 0. The van der Waals surface area contributed by atoms with Gasteiger partial charge < -0.3 is 5.32 Å². The van der Waals surface area contributed by atoms with Gasteiger partial charge in [0.05, 0.1) is 11.8 Å². The molecule has 126 valence electrons. The topological polar surface area (TPSA) is 66.5 Å². The van der Waals surface area contributed by atoms with E-state index in [4.69, 9.17) is 0 Å². The molecular formula is C19H22N2O3. The molecule has 0 unspecified atom stereocenters. The van der Waals surface area contributed by atoms with Gasteiger partial charge in [-0.15, -0.1) is 0 Å². The average molecular weight is 326 g/mol. The first-order valence-electron chi connectivity index (χ1n) is 8.37. The van der Waals surface area contributed by atoms with Gasteiger partial charge in [-0.2, -0.15) is 0 Å². The molecular weight excluding hydrogens is 304 g/mol. The second kappa shape index (κ2) is 6.59. The van der Waals surface area contributed by atoms with E-state index in [1.165, 1.54) is 5.56 Å². The van der Waals surface area contributed by atoms with E-state index >= 15 is 0 Å². The molecule has 1 aliphatic heterocycles. The Bertz CT molecular complexity index is 665. The standard InChI is InChI=1S/C19H22N2O3/c1-12(2)13-7-9-14(10-8-13)20-17(22)11-21-18(23)15-5-3-4-6-16(15)19(21)24/h3-4,7-10,12,15-16H,5-6,11H2,1-2H3,(H,20,22)/t15-,16-/m0/s1. The Morgan fingerprint density at radius 1 is 1.08 bits per heavy atom. The van der Waals surface area contributed by atoms with Gasteiger partial charge in [-0.25, -0.2) is 0 Å². The third-order valence-corrected chi connectivity index (χ3v) is 4.76. The van der Waals surface area contributed by atoms with Gasteiger partial charge in [-0.3, -0.25) is 19.3 Å². The second-order valence-corrected chi connectivity index (χ2v) is 6.74. The van der Waals surface area contributed by atoms with Gasteiger partial charge in [-0.05, 0) is 36.5 Å². The van der Waals surface area contributed by atoms with Crippen LogP contribution in [-0.4, -0.2) is 29.2 Å². The lowest BCUT2D eigenvalue weighted by molar-refractivity contribution is -0.142. The number of likely N-dealkylation sites (tertiary alicyclic amines) is 1. The van der Waals surface area contributed by atoms with Gasteiger partial charge in [0, 0.05) is 5.69 Å². The van der Waals surface area contributed by atoms with Crippen molar-refractivity contribution in [3.05, 3.63) is 42.0 Å². The summed E-state index contributed by atoms with van der Waals surface area (Å²) in [5.74, 6) is -0.951. The third-order valence-electron chi connectivity index (χ3n) is 4.76. The molecule has 1 N–H and O–H groups in total. The number of benzene rings is 1. The van der Waals surface area contributed by atoms with E-state index in [2.05, 4.69) is 19.2 Å². The van der Waals surface area contributed by atoms with Crippen molar-refractivity contribution in [2.75, 3.05) is 11.9 Å². The van der Waals surface area contributed by atoms with Crippen molar-refractivity contribution in [1.29, 1.82) is 0 Å². The van der Waals surface area contributed by atoms with Crippen molar-refractivity contribution in [1.82, 2.24) is 4.90 Å². The van der Waals surface area contributed by atoms with Crippen LogP contribution in [0, 0.1) is 11.8 Å². The van der Waals surface area contributed by atoms with Gasteiger partial charge in [0.25, 0.3) is 0 Å². The number of anilines is 1. The molecule has 1 aliphatic carbocycles. The summed E-state index contributed by atoms with van der Waals surface area (Å²) < 4.78 is 0. The molecule has 1 saturated heterocycles. The first-order chi connectivity index (χ1) is 11.5. The molecule has 2 aliphatic rings. The zero-order chi connectivity index (χ0) is 17.3. The van der Waals surface area contributed by atoms with Crippen molar-refractivity contribution >= 4 is 23.4 Å². The minimum atomic E-state index is -0.347. The number of carbonyl (C=O) groups is 3. The summed E-state index contributed by atoms with van der Waals surface area (Å²) in [5.41, 5.74) is 1.86. The molecule has 0 radical (unpaired) electrons. The van der Waals surface area contributed by atoms with E-state index in [9.17, 15) is 14.4 Å².